The van der Waals surface area contributed by atoms with Crippen LogP contribution in [-0.4, -0.2) is 22.4 Å². The Hall–Kier alpha value is -3.21. The van der Waals surface area contributed by atoms with Crippen molar-refractivity contribution in [3.63, 3.8) is 0 Å². The predicted molar refractivity (Wildman–Crippen MR) is 99.6 cm³/mol. The Morgan fingerprint density at radius 3 is 2.16 bits per heavy atom. The Kier molecular flexibility index (Phi) is 5.36. The number of benzene rings is 2. The molecule has 3 rings (SSSR count). The summed E-state index contributed by atoms with van der Waals surface area (Å²) in [6, 6.07) is 19.6. The number of amides is 1. The molecule has 0 spiro atoms. The second-order valence-corrected chi connectivity index (χ2v) is 5.52. The summed E-state index contributed by atoms with van der Waals surface area (Å²) in [5.41, 5.74) is 2.48. The topological polar surface area (TPSA) is 58.1 Å². The van der Waals surface area contributed by atoms with Crippen molar-refractivity contribution in [1.29, 1.82) is 0 Å². The maximum Gasteiger partial charge on any atom is 0.261 e. The maximum absolute atomic E-state index is 12.7. The molecular weight excluding hydrogens is 312 g/mol. The average Bonchev–Trinajstić information content (AvgIpc) is 2.69. The highest BCUT2D eigenvalue weighted by molar-refractivity contribution is 6.05. The van der Waals surface area contributed by atoms with Crippen molar-refractivity contribution in [1.82, 2.24) is 9.97 Å². The second kappa shape index (κ2) is 8.06. The Balaban J connectivity index is 1.68. The van der Waals surface area contributed by atoms with Crippen LogP contribution in [0.4, 0.5) is 11.6 Å². The van der Waals surface area contributed by atoms with E-state index >= 15 is 0 Å². The van der Waals surface area contributed by atoms with E-state index in [-0.39, 0.29) is 5.91 Å². The zero-order valence-electron chi connectivity index (χ0n) is 14.1. The van der Waals surface area contributed by atoms with Crippen LogP contribution in [0, 0.1) is 0 Å². The summed E-state index contributed by atoms with van der Waals surface area (Å²) in [5, 5.41) is 3.15. The number of hydrogen-bond acceptors (Lipinski definition) is 4. The van der Waals surface area contributed by atoms with Crippen LogP contribution in [-0.2, 0) is 6.54 Å². The van der Waals surface area contributed by atoms with Gasteiger partial charge in [0, 0.05) is 31.2 Å². The SMILES string of the molecule is CCN(C(=O)c1cnc(NCc2ccccc2)nc1)c1ccccc1. The third-order valence-electron chi connectivity index (χ3n) is 3.82. The quantitative estimate of drug-likeness (QED) is 0.747. The van der Waals surface area contributed by atoms with Gasteiger partial charge in [0.1, 0.15) is 0 Å². The Morgan fingerprint density at radius 2 is 1.56 bits per heavy atom. The van der Waals surface area contributed by atoms with E-state index in [0.717, 1.165) is 11.3 Å². The molecule has 0 bridgehead atoms. The van der Waals surface area contributed by atoms with E-state index in [1.165, 1.54) is 0 Å². The van der Waals surface area contributed by atoms with Gasteiger partial charge in [-0.2, -0.15) is 0 Å². The molecule has 0 aliphatic carbocycles. The monoisotopic (exact) mass is 332 g/mol. The first-order chi connectivity index (χ1) is 12.3. The van der Waals surface area contributed by atoms with Crippen molar-refractivity contribution < 1.29 is 4.79 Å². The highest BCUT2D eigenvalue weighted by Crippen LogP contribution is 2.16. The molecule has 0 saturated carbocycles. The Morgan fingerprint density at radius 1 is 0.960 bits per heavy atom. The minimum absolute atomic E-state index is 0.108. The van der Waals surface area contributed by atoms with E-state index < -0.39 is 0 Å². The molecule has 126 valence electrons. The van der Waals surface area contributed by atoms with Crippen molar-refractivity contribution in [3.8, 4) is 0 Å². The van der Waals surface area contributed by atoms with Crippen molar-refractivity contribution in [2.45, 2.75) is 13.5 Å². The molecule has 1 amide bonds. The number of carbonyl (C=O) groups excluding carboxylic acids is 1. The molecule has 0 aliphatic rings. The first-order valence-corrected chi connectivity index (χ1v) is 8.24. The molecule has 0 saturated heterocycles. The zero-order chi connectivity index (χ0) is 17.5. The van der Waals surface area contributed by atoms with Gasteiger partial charge in [0.25, 0.3) is 5.91 Å². The highest BCUT2D eigenvalue weighted by Gasteiger charge is 2.16. The zero-order valence-corrected chi connectivity index (χ0v) is 14.1. The summed E-state index contributed by atoms with van der Waals surface area (Å²) < 4.78 is 0. The normalized spacial score (nSPS) is 10.3. The van der Waals surface area contributed by atoms with Gasteiger partial charge in [0.05, 0.1) is 5.56 Å². The Bertz CT molecular complexity index is 804. The van der Waals surface area contributed by atoms with Crippen molar-refractivity contribution in [2.75, 3.05) is 16.8 Å². The fraction of sp³-hybridized carbons (Fsp3) is 0.150. The van der Waals surface area contributed by atoms with E-state index in [1.807, 2.05) is 67.6 Å². The number of carbonyl (C=O) groups is 1. The fourth-order valence-corrected chi connectivity index (χ4v) is 2.51. The van der Waals surface area contributed by atoms with Crippen LogP contribution < -0.4 is 10.2 Å². The van der Waals surface area contributed by atoms with Gasteiger partial charge in [-0.3, -0.25) is 4.79 Å². The Labute approximate surface area is 147 Å². The lowest BCUT2D eigenvalue weighted by molar-refractivity contribution is 0.0987. The van der Waals surface area contributed by atoms with Crippen molar-refractivity contribution >= 4 is 17.5 Å². The molecule has 1 heterocycles. The molecule has 1 aromatic heterocycles. The summed E-state index contributed by atoms with van der Waals surface area (Å²) in [4.78, 5) is 22.9. The smallest absolute Gasteiger partial charge is 0.261 e. The number of anilines is 2. The van der Waals surface area contributed by atoms with Gasteiger partial charge in [0.15, 0.2) is 0 Å². The number of hydrogen-bond donors (Lipinski definition) is 1. The third kappa shape index (κ3) is 4.20. The van der Waals surface area contributed by atoms with Crippen molar-refractivity contribution in [2.24, 2.45) is 0 Å². The average molecular weight is 332 g/mol. The number of para-hydroxylation sites is 1. The first-order valence-electron chi connectivity index (χ1n) is 8.24. The lowest BCUT2D eigenvalue weighted by atomic mass is 10.2. The van der Waals surface area contributed by atoms with E-state index in [4.69, 9.17) is 0 Å². The summed E-state index contributed by atoms with van der Waals surface area (Å²) in [5.74, 6) is 0.395. The lowest BCUT2D eigenvalue weighted by Gasteiger charge is -2.20. The number of nitrogens with one attached hydrogen (secondary N) is 1. The molecule has 5 nitrogen and oxygen atoms in total. The highest BCUT2D eigenvalue weighted by atomic mass is 16.2. The van der Waals surface area contributed by atoms with Gasteiger partial charge in [-0.25, -0.2) is 9.97 Å². The van der Waals surface area contributed by atoms with E-state index in [1.54, 1.807) is 17.3 Å². The number of rotatable bonds is 6. The van der Waals surface area contributed by atoms with Crippen LogP contribution in [0.1, 0.15) is 22.8 Å². The maximum atomic E-state index is 12.7. The molecule has 2 aromatic carbocycles. The summed E-state index contributed by atoms with van der Waals surface area (Å²) in [6.45, 7) is 3.16. The molecule has 5 heteroatoms. The van der Waals surface area contributed by atoms with Crippen LogP contribution in [0.5, 0.6) is 0 Å². The molecule has 0 aliphatic heterocycles. The van der Waals surface area contributed by atoms with Crippen LogP contribution >= 0.6 is 0 Å². The molecule has 1 N–H and O–H groups in total. The molecule has 0 unspecified atom stereocenters. The van der Waals surface area contributed by atoms with Crippen molar-refractivity contribution in [3.05, 3.63) is 84.2 Å². The minimum Gasteiger partial charge on any atom is -0.350 e. The first kappa shape index (κ1) is 16.6. The predicted octanol–water partition coefficient (Wildman–Crippen LogP) is 3.76. The van der Waals surface area contributed by atoms with Gasteiger partial charge in [-0.1, -0.05) is 48.5 Å². The van der Waals surface area contributed by atoms with Gasteiger partial charge in [-0.05, 0) is 24.6 Å². The minimum atomic E-state index is -0.108. The molecule has 0 atom stereocenters. The molecule has 25 heavy (non-hydrogen) atoms. The largest absolute Gasteiger partial charge is 0.350 e. The fourth-order valence-electron chi connectivity index (χ4n) is 2.51. The standard InChI is InChI=1S/C20H20N4O/c1-2-24(18-11-7-4-8-12-18)19(25)17-14-22-20(23-15-17)21-13-16-9-5-3-6-10-16/h3-12,14-15H,2,13H2,1H3,(H,21,22,23). The van der Waals surface area contributed by atoms with Gasteiger partial charge >= 0.3 is 0 Å². The van der Waals surface area contributed by atoms with Gasteiger partial charge in [0.2, 0.25) is 5.95 Å². The summed E-state index contributed by atoms with van der Waals surface area (Å²) in [7, 11) is 0. The molecule has 3 aromatic rings. The summed E-state index contributed by atoms with van der Waals surface area (Å²) >= 11 is 0. The van der Waals surface area contributed by atoms with E-state index in [2.05, 4.69) is 15.3 Å². The lowest BCUT2D eigenvalue weighted by Crippen LogP contribution is -2.30. The molecule has 0 radical (unpaired) electrons. The third-order valence-corrected chi connectivity index (χ3v) is 3.82. The van der Waals surface area contributed by atoms with Crippen LogP contribution in [0.15, 0.2) is 73.1 Å². The number of aromatic nitrogens is 2. The molecular formula is C20H20N4O. The molecule has 0 fully saturated rings. The second-order valence-electron chi connectivity index (χ2n) is 5.52. The van der Waals surface area contributed by atoms with E-state index in [9.17, 15) is 4.79 Å². The van der Waals surface area contributed by atoms with Gasteiger partial charge < -0.3 is 10.2 Å². The van der Waals surface area contributed by atoms with Crippen LogP contribution in [0.25, 0.3) is 0 Å². The summed E-state index contributed by atoms with van der Waals surface area (Å²) in [6.07, 6.45) is 3.13. The van der Waals surface area contributed by atoms with Gasteiger partial charge in [-0.15, -0.1) is 0 Å². The number of nitrogens with zero attached hydrogens (tertiary/aromatic N) is 3. The van der Waals surface area contributed by atoms with Crippen LogP contribution in [0.3, 0.4) is 0 Å². The van der Waals surface area contributed by atoms with E-state index in [0.29, 0.717) is 24.6 Å². The van der Waals surface area contributed by atoms with Crippen LogP contribution in [0.2, 0.25) is 0 Å².